The van der Waals surface area contributed by atoms with Crippen molar-refractivity contribution in [1.82, 2.24) is 0 Å². The number of carbonyl (C=O) groups is 1. The average Bonchev–Trinajstić information content (AvgIpc) is 2.17. The van der Waals surface area contributed by atoms with Gasteiger partial charge in [-0.3, -0.25) is 9.18 Å². The Morgan fingerprint density at radius 3 is 2.86 bits per heavy atom. The van der Waals surface area contributed by atoms with Gasteiger partial charge in [0.1, 0.15) is 6.04 Å². The summed E-state index contributed by atoms with van der Waals surface area (Å²) in [6, 6.07) is 5.65. The molecule has 0 heterocycles. The number of benzene rings is 1. The number of aliphatic carboxylic acids is 1. The highest BCUT2D eigenvalue weighted by Crippen LogP contribution is 2.13. The van der Waals surface area contributed by atoms with E-state index in [0.717, 1.165) is 5.56 Å². The molecule has 14 heavy (non-hydrogen) atoms. The van der Waals surface area contributed by atoms with Gasteiger partial charge in [0.25, 0.3) is 0 Å². The fourth-order valence-electron chi connectivity index (χ4n) is 1.19. The molecule has 0 fully saturated rings. The van der Waals surface area contributed by atoms with Gasteiger partial charge in [-0.05, 0) is 11.1 Å². The Morgan fingerprint density at radius 1 is 1.57 bits per heavy atom. The Balaban J connectivity index is 2.87. The first-order chi connectivity index (χ1) is 6.65. The van der Waals surface area contributed by atoms with E-state index < -0.39 is 18.7 Å². The largest absolute Gasteiger partial charge is 0.480 e. The molecule has 1 rings (SSSR count). The Morgan fingerprint density at radius 2 is 2.29 bits per heavy atom. The molecule has 4 heteroatoms. The Labute approximate surface area is 81.4 Å². The summed E-state index contributed by atoms with van der Waals surface area (Å²) in [4.78, 5) is 10.6. The zero-order valence-corrected chi connectivity index (χ0v) is 7.61. The van der Waals surface area contributed by atoms with Crippen LogP contribution in [0.25, 0.3) is 0 Å². The summed E-state index contributed by atoms with van der Waals surface area (Å²) in [5, 5.41) is 8.66. The summed E-state index contributed by atoms with van der Waals surface area (Å²) in [6.45, 7) is -0.453. The van der Waals surface area contributed by atoms with Gasteiger partial charge < -0.3 is 10.8 Å². The molecule has 0 saturated carbocycles. The van der Waals surface area contributed by atoms with Crippen molar-refractivity contribution in [1.29, 1.82) is 0 Å². The monoisotopic (exact) mass is 197 g/mol. The Bertz CT molecular complexity index is 328. The molecular formula is C10H12FNO2. The minimum absolute atomic E-state index is 0.292. The van der Waals surface area contributed by atoms with Crippen molar-refractivity contribution in [3.8, 4) is 0 Å². The zero-order valence-electron chi connectivity index (χ0n) is 7.61. The summed E-state index contributed by atoms with van der Waals surface area (Å²) in [6.07, 6.45) is 0.292. The number of hydrogen-bond acceptors (Lipinski definition) is 2. The molecule has 0 spiro atoms. The normalized spacial score (nSPS) is 12.4. The third kappa shape index (κ3) is 2.53. The molecule has 0 aliphatic heterocycles. The van der Waals surface area contributed by atoms with Crippen LogP contribution in [0.2, 0.25) is 0 Å². The molecular weight excluding hydrogens is 185 g/mol. The third-order valence-corrected chi connectivity index (χ3v) is 1.96. The molecule has 1 aromatic carbocycles. The van der Waals surface area contributed by atoms with Gasteiger partial charge in [0, 0.05) is 6.42 Å². The van der Waals surface area contributed by atoms with Crippen LogP contribution in [0.15, 0.2) is 24.3 Å². The van der Waals surface area contributed by atoms with Crippen molar-refractivity contribution in [2.24, 2.45) is 5.73 Å². The predicted molar refractivity (Wildman–Crippen MR) is 50.7 cm³/mol. The lowest BCUT2D eigenvalue weighted by molar-refractivity contribution is -0.138. The summed E-state index contributed by atoms with van der Waals surface area (Å²) in [5.41, 5.74) is 6.68. The van der Waals surface area contributed by atoms with Crippen molar-refractivity contribution in [3.63, 3.8) is 0 Å². The van der Waals surface area contributed by atoms with Crippen molar-refractivity contribution in [2.75, 3.05) is 6.67 Å². The van der Waals surface area contributed by atoms with E-state index >= 15 is 0 Å². The van der Waals surface area contributed by atoms with Crippen molar-refractivity contribution >= 4 is 5.97 Å². The summed E-state index contributed by atoms with van der Waals surface area (Å²) in [7, 11) is 0. The van der Waals surface area contributed by atoms with E-state index in [-0.39, 0.29) is 0 Å². The molecule has 0 bridgehead atoms. The minimum atomic E-state index is -1.08. The second-order valence-corrected chi connectivity index (χ2v) is 3.00. The molecule has 76 valence electrons. The van der Waals surface area contributed by atoms with Crippen molar-refractivity contribution in [3.05, 3.63) is 35.4 Å². The lowest BCUT2D eigenvalue weighted by Crippen LogP contribution is -2.20. The van der Waals surface area contributed by atoms with Gasteiger partial charge >= 0.3 is 5.97 Å². The first-order valence-electron chi connectivity index (χ1n) is 4.28. The van der Waals surface area contributed by atoms with Crippen molar-refractivity contribution in [2.45, 2.75) is 12.5 Å². The van der Waals surface area contributed by atoms with Crippen LogP contribution in [-0.2, 0) is 11.2 Å². The van der Waals surface area contributed by atoms with Crippen LogP contribution in [0, 0.1) is 0 Å². The van der Waals surface area contributed by atoms with Gasteiger partial charge in [0.05, 0.1) is 6.67 Å². The lowest BCUT2D eigenvalue weighted by Gasteiger charge is -2.07. The maximum absolute atomic E-state index is 12.0. The number of nitrogens with two attached hydrogens (primary N) is 1. The number of halogens is 1. The molecule has 1 aromatic rings. The minimum Gasteiger partial charge on any atom is -0.480 e. The van der Waals surface area contributed by atoms with E-state index in [1.807, 2.05) is 0 Å². The smallest absolute Gasteiger partial charge is 0.325 e. The number of carboxylic acids is 1. The molecule has 0 aliphatic rings. The Kier molecular flexibility index (Phi) is 3.59. The first kappa shape index (κ1) is 10.7. The predicted octanol–water partition coefficient (Wildman–Crippen LogP) is 1.28. The van der Waals surface area contributed by atoms with E-state index in [9.17, 15) is 9.18 Å². The molecule has 3 N–H and O–H groups in total. The van der Waals surface area contributed by atoms with E-state index in [4.69, 9.17) is 10.8 Å². The van der Waals surface area contributed by atoms with E-state index in [1.54, 1.807) is 24.3 Å². The maximum Gasteiger partial charge on any atom is 0.325 e. The molecule has 3 nitrogen and oxygen atoms in total. The number of rotatable bonds is 4. The molecule has 1 unspecified atom stereocenters. The molecule has 1 atom stereocenters. The number of aryl methyl sites for hydroxylation is 1. The van der Waals surface area contributed by atoms with Gasteiger partial charge in [-0.1, -0.05) is 24.3 Å². The average molecular weight is 197 g/mol. The highest BCUT2D eigenvalue weighted by Gasteiger charge is 2.13. The number of hydrogen-bond donors (Lipinski definition) is 2. The topological polar surface area (TPSA) is 63.3 Å². The molecule has 0 amide bonds. The maximum atomic E-state index is 12.0. The van der Waals surface area contributed by atoms with Crippen LogP contribution in [0.5, 0.6) is 0 Å². The van der Waals surface area contributed by atoms with Crippen molar-refractivity contribution < 1.29 is 14.3 Å². The molecule has 0 aromatic heterocycles. The van der Waals surface area contributed by atoms with E-state index in [0.29, 0.717) is 12.0 Å². The Hall–Kier alpha value is -1.42. The highest BCUT2D eigenvalue weighted by molar-refractivity contribution is 5.75. The van der Waals surface area contributed by atoms with Gasteiger partial charge in [0.2, 0.25) is 0 Å². The lowest BCUT2D eigenvalue weighted by atomic mass is 10.0. The van der Waals surface area contributed by atoms with E-state index in [1.165, 1.54) is 0 Å². The SMILES string of the molecule is NC(C(=O)O)c1cccc(CCF)c1. The fourth-order valence-corrected chi connectivity index (χ4v) is 1.19. The molecule has 0 saturated heterocycles. The quantitative estimate of drug-likeness (QED) is 0.764. The highest BCUT2D eigenvalue weighted by atomic mass is 19.1. The fraction of sp³-hybridized carbons (Fsp3) is 0.300. The van der Waals surface area contributed by atoms with Crippen LogP contribution in [0.4, 0.5) is 4.39 Å². The number of carboxylic acid groups (broad SMARTS) is 1. The summed E-state index contributed by atoms with van der Waals surface area (Å²) >= 11 is 0. The van der Waals surface area contributed by atoms with Crippen LogP contribution in [0.3, 0.4) is 0 Å². The molecule has 0 radical (unpaired) electrons. The van der Waals surface area contributed by atoms with Gasteiger partial charge in [-0.2, -0.15) is 0 Å². The van der Waals surface area contributed by atoms with Gasteiger partial charge in [-0.15, -0.1) is 0 Å². The van der Waals surface area contributed by atoms with Crippen LogP contribution in [0.1, 0.15) is 17.2 Å². The summed E-state index contributed by atoms with van der Waals surface area (Å²) in [5.74, 6) is -1.08. The standard InChI is InChI=1S/C10H12FNO2/c11-5-4-7-2-1-3-8(6-7)9(12)10(13)14/h1-3,6,9H,4-5,12H2,(H,13,14). The van der Waals surface area contributed by atoms with Crippen LogP contribution in [-0.4, -0.2) is 17.8 Å². The number of alkyl halides is 1. The van der Waals surface area contributed by atoms with E-state index in [2.05, 4.69) is 0 Å². The van der Waals surface area contributed by atoms with Gasteiger partial charge in [-0.25, -0.2) is 0 Å². The first-order valence-corrected chi connectivity index (χ1v) is 4.28. The van der Waals surface area contributed by atoms with Crippen LogP contribution < -0.4 is 5.73 Å². The third-order valence-electron chi connectivity index (χ3n) is 1.96. The zero-order chi connectivity index (χ0) is 10.6. The van der Waals surface area contributed by atoms with Gasteiger partial charge in [0.15, 0.2) is 0 Å². The molecule has 0 aliphatic carbocycles. The summed E-state index contributed by atoms with van der Waals surface area (Å²) < 4.78 is 12.0. The second kappa shape index (κ2) is 4.72. The second-order valence-electron chi connectivity index (χ2n) is 3.00. The van der Waals surface area contributed by atoms with Crippen LogP contribution >= 0.6 is 0 Å².